The molecule has 0 saturated heterocycles. The lowest BCUT2D eigenvalue weighted by molar-refractivity contribution is 0.0937. The van der Waals surface area contributed by atoms with Crippen molar-refractivity contribution in [3.63, 3.8) is 0 Å². The third-order valence-corrected chi connectivity index (χ3v) is 5.43. The third-order valence-electron chi connectivity index (χ3n) is 5.43. The number of amides is 1. The lowest BCUT2D eigenvalue weighted by Gasteiger charge is -2.18. The molecule has 2 heterocycles. The highest BCUT2D eigenvalue weighted by molar-refractivity contribution is 6.03. The highest BCUT2D eigenvalue weighted by Gasteiger charge is 2.29. The summed E-state index contributed by atoms with van der Waals surface area (Å²) in [6, 6.07) is 16.9. The molecule has 1 aliphatic rings. The fourth-order valence-corrected chi connectivity index (χ4v) is 3.96. The molecule has 5 nitrogen and oxygen atoms in total. The summed E-state index contributed by atoms with van der Waals surface area (Å²) < 4.78 is 1.62. The molecule has 0 aliphatic carbocycles. The van der Waals surface area contributed by atoms with Crippen LogP contribution in [0.5, 0.6) is 0 Å². The number of rotatable bonds is 1. The molecule has 28 heavy (non-hydrogen) atoms. The first-order valence-electron chi connectivity index (χ1n) is 9.44. The Morgan fingerprint density at radius 1 is 1.04 bits per heavy atom. The molecule has 1 aromatic heterocycles. The van der Waals surface area contributed by atoms with E-state index in [-0.39, 0.29) is 17.5 Å². The van der Waals surface area contributed by atoms with Gasteiger partial charge in [0.2, 0.25) is 0 Å². The van der Waals surface area contributed by atoms with E-state index >= 15 is 0 Å². The van der Waals surface area contributed by atoms with Crippen LogP contribution in [0.3, 0.4) is 0 Å². The van der Waals surface area contributed by atoms with Gasteiger partial charge in [0, 0.05) is 0 Å². The molecule has 5 heteroatoms. The standard InChI is InChI=1S/C23H19N3O2/c1-3-18-21-24-19-10-13(2)8-9-16(19)23(28)26(21)20-12-15-7-5-4-6-14(15)11-17(20)22(27)25-18/h4-12,18H,3H2,1-2H3,(H,25,27). The molecule has 4 aromatic rings. The molecular formula is C23H19N3O2. The van der Waals surface area contributed by atoms with E-state index in [0.29, 0.717) is 34.4 Å². The number of aromatic nitrogens is 2. The summed E-state index contributed by atoms with van der Waals surface area (Å²) in [5.41, 5.74) is 2.63. The number of carbonyl (C=O) groups is 1. The largest absolute Gasteiger partial charge is 0.342 e. The van der Waals surface area contributed by atoms with Crippen molar-refractivity contribution in [2.24, 2.45) is 0 Å². The monoisotopic (exact) mass is 369 g/mol. The van der Waals surface area contributed by atoms with Crippen molar-refractivity contribution in [2.75, 3.05) is 0 Å². The van der Waals surface area contributed by atoms with E-state index in [4.69, 9.17) is 4.98 Å². The molecule has 0 radical (unpaired) electrons. The van der Waals surface area contributed by atoms with Crippen molar-refractivity contribution in [3.05, 3.63) is 81.9 Å². The van der Waals surface area contributed by atoms with E-state index in [1.807, 2.05) is 68.4 Å². The van der Waals surface area contributed by atoms with Crippen LogP contribution in [-0.2, 0) is 0 Å². The van der Waals surface area contributed by atoms with E-state index in [0.717, 1.165) is 16.3 Å². The molecular weight excluding hydrogens is 350 g/mol. The zero-order chi connectivity index (χ0) is 19.4. The lowest BCUT2D eigenvalue weighted by atomic mass is 10.0. The summed E-state index contributed by atoms with van der Waals surface area (Å²) >= 11 is 0. The van der Waals surface area contributed by atoms with E-state index in [9.17, 15) is 9.59 Å². The Hall–Kier alpha value is -3.47. The van der Waals surface area contributed by atoms with Crippen LogP contribution in [0.1, 0.15) is 41.1 Å². The first kappa shape index (κ1) is 16.7. The SMILES string of the molecule is CCC1NC(=O)c2cc3ccccc3cc2-n2c1nc1cc(C)ccc1c2=O. The van der Waals surface area contributed by atoms with Crippen LogP contribution in [0.25, 0.3) is 27.4 Å². The quantitative estimate of drug-likeness (QED) is 0.551. The summed E-state index contributed by atoms with van der Waals surface area (Å²) in [6.45, 7) is 3.96. The number of benzene rings is 3. The van der Waals surface area contributed by atoms with Crippen LogP contribution in [0.15, 0.2) is 59.4 Å². The van der Waals surface area contributed by atoms with Gasteiger partial charge in [0.1, 0.15) is 5.82 Å². The summed E-state index contributed by atoms with van der Waals surface area (Å²) in [5, 5.41) is 5.55. The molecule has 138 valence electrons. The van der Waals surface area contributed by atoms with Gasteiger partial charge in [-0.3, -0.25) is 14.2 Å². The summed E-state index contributed by atoms with van der Waals surface area (Å²) in [5.74, 6) is 0.394. The average molecular weight is 369 g/mol. The average Bonchev–Trinajstić information content (AvgIpc) is 2.81. The van der Waals surface area contributed by atoms with Crippen LogP contribution in [0.4, 0.5) is 0 Å². The lowest BCUT2D eigenvalue weighted by Crippen LogP contribution is -2.30. The zero-order valence-electron chi connectivity index (χ0n) is 15.7. The van der Waals surface area contributed by atoms with Gasteiger partial charge >= 0.3 is 0 Å². The Balaban J connectivity index is 1.95. The molecule has 0 saturated carbocycles. The van der Waals surface area contributed by atoms with Crippen LogP contribution < -0.4 is 10.9 Å². The maximum Gasteiger partial charge on any atom is 0.266 e. The van der Waals surface area contributed by atoms with Crippen LogP contribution in [0, 0.1) is 6.92 Å². The summed E-state index contributed by atoms with van der Waals surface area (Å²) in [6.07, 6.45) is 0.642. The van der Waals surface area contributed by atoms with Crippen LogP contribution in [0.2, 0.25) is 0 Å². The topological polar surface area (TPSA) is 64.0 Å². The van der Waals surface area contributed by atoms with E-state index < -0.39 is 0 Å². The number of aryl methyl sites for hydroxylation is 1. The second-order valence-electron chi connectivity index (χ2n) is 7.28. The number of hydrogen-bond donors (Lipinski definition) is 1. The molecule has 1 N–H and O–H groups in total. The van der Waals surface area contributed by atoms with Crippen LogP contribution in [-0.4, -0.2) is 15.5 Å². The van der Waals surface area contributed by atoms with Crippen molar-refractivity contribution in [1.82, 2.24) is 14.9 Å². The minimum absolute atomic E-state index is 0.147. The third kappa shape index (κ3) is 2.36. The molecule has 1 atom stereocenters. The number of nitrogens with one attached hydrogen (secondary N) is 1. The highest BCUT2D eigenvalue weighted by Crippen LogP contribution is 2.29. The minimum atomic E-state index is -0.333. The van der Waals surface area contributed by atoms with Gasteiger partial charge in [0.15, 0.2) is 0 Å². The molecule has 0 fully saturated rings. The first-order valence-corrected chi connectivity index (χ1v) is 9.44. The maximum atomic E-state index is 13.5. The Morgan fingerprint density at radius 2 is 1.79 bits per heavy atom. The van der Waals surface area contributed by atoms with Gasteiger partial charge in [-0.05, 0) is 53.9 Å². The van der Waals surface area contributed by atoms with E-state index in [1.165, 1.54) is 0 Å². The normalized spacial score (nSPS) is 15.8. The Morgan fingerprint density at radius 3 is 2.54 bits per heavy atom. The predicted octanol–water partition coefficient (Wildman–Crippen LogP) is 4.04. The Labute approximate surface area is 161 Å². The number of nitrogens with zero attached hydrogens (tertiary/aromatic N) is 2. The fraction of sp³-hybridized carbons (Fsp3) is 0.174. The minimum Gasteiger partial charge on any atom is -0.342 e. The van der Waals surface area contributed by atoms with Crippen molar-refractivity contribution in [2.45, 2.75) is 26.3 Å². The van der Waals surface area contributed by atoms with Gasteiger partial charge in [0.05, 0.1) is 28.2 Å². The highest BCUT2D eigenvalue weighted by atomic mass is 16.2. The maximum absolute atomic E-state index is 13.5. The number of carbonyl (C=O) groups excluding carboxylic acids is 1. The number of fused-ring (bicyclic) bond motifs is 5. The first-order chi connectivity index (χ1) is 13.6. The molecule has 0 bridgehead atoms. The van der Waals surface area contributed by atoms with E-state index in [2.05, 4.69) is 5.32 Å². The van der Waals surface area contributed by atoms with Gasteiger partial charge < -0.3 is 5.32 Å². The predicted molar refractivity (Wildman–Crippen MR) is 110 cm³/mol. The molecule has 1 unspecified atom stereocenters. The van der Waals surface area contributed by atoms with Crippen molar-refractivity contribution >= 4 is 27.6 Å². The second kappa shape index (κ2) is 6.02. The molecule has 3 aromatic carbocycles. The van der Waals surface area contributed by atoms with Gasteiger partial charge in [0.25, 0.3) is 11.5 Å². The fourth-order valence-electron chi connectivity index (χ4n) is 3.96. The van der Waals surface area contributed by atoms with Crippen molar-refractivity contribution in [1.29, 1.82) is 0 Å². The Kier molecular flexibility index (Phi) is 3.59. The molecule has 0 spiro atoms. The zero-order valence-corrected chi connectivity index (χ0v) is 15.7. The Bertz CT molecular complexity index is 1340. The smallest absolute Gasteiger partial charge is 0.266 e. The number of hydrogen-bond acceptors (Lipinski definition) is 3. The van der Waals surface area contributed by atoms with E-state index in [1.54, 1.807) is 4.57 Å². The molecule has 5 rings (SSSR count). The summed E-state index contributed by atoms with van der Waals surface area (Å²) in [7, 11) is 0. The van der Waals surface area contributed by atoms with Crippen molar-refractivity contribution < 1.29 is 4.79 Å². The summed E-state index contributed by atoms with van der Waals surface area (Å²) in [4.78, 5) is 31.3. The van der Waals surface area contributed by atoms with Crippen LogP contribution >= 0.6 is 0 Å². The van der Waals surface area contributed by atoms with Gasteiger partial charge in [-0.25, -0.2) is 4.98 Å². The van der Waals surface area contributed by atoms with Gasteiger partial charge in [-0.1, -0.05) is 37.3 Å². The molecule has 1 amide bonds. The van der Waals surface area contributed by atoms with Crippen molar-refractivity contribution in [3.8, 4) is 5.69 Å². The van der Waals surface area contributed by atoms with Gasteiger partial charge in [-0.2, -0.15) is 0 Å². The molecule has 1 aliphatic heterocycles. The second-order valence-corrected chi connectivity index (χ2v) is 7.28. The van der Waals surface area contributed by atoms with Gasteiger partial charge in [-0.15, -0.1) is 0 Å².